The summed E-state index contributed by atoms with van der Waals surface area (Å²) in [5.74, 6) is 0. The maximum atomic E-state index is 10.7. The zero-order valence-corrected chi connectivity index (χ0v) is 19.3. The highest BCUT2D eigenvalue weighted by molar-refractivity contribution is 7.53. The Morgan fingerprint density at radius 3 is 1.77 bits per heavy atom. The van der Waals surface area contributed by atoms with Crippen LogP contribution in [0.15, 0.2) is 18.2 Å². The Bertz CT molecular complexity index is 555. The van der Waals surface area contributed by atoms with Crippen LogP contribution in [0.4, 0.5) is 0 Å². The topological polar surface area (TPSA) is 171 Å². The van der Waals surface area contributed by atoms with Gasteiger partial charge in [-0.1, -0.05) is 44.9 Å². The van der Waals surface area contributed by atoms with Crippen LogP contribution < -0.4 is 0 Å². The van der Waals surface area contributed by atoms with Crippen molar-refractivity contribution >= 4 is 17.2 Å². The van der Waals surface area contributed by atoms with Crippen LogP contribution in [0.1, 0.15) is 62.3 Å². The van der Waals surface area contributed by atoms with Gasteiger partial charge in [0.15, 0.2) is 0 Å². The van der Waals surface area contributed by atoms with Crippen molar-refractivity contribution in [2.24, 2.45) is 5.41 Å². The molecule has 0 aliphatic carbocycles. The Hall–Kier alpha value is -0.280. The van der Waals surface area contributed by atoms with Crippen LogP contribution in [0.2, 0.25) is 0 Å². The van der Waals surface area contributed by atoms with Crippen LogP contribution in [0.3, 0.4) is 0 Å². The standard InChI is InChI=1S/C19H32O4.H4O5P2/c1-3-5-7-15-9-10-17(16(11-15)8-6-4-2)18(23)19(12-20,13-21)14-22;1-6(2)5-7(3)4/h9-11,18,20-23H,3-8,12-14H2,1-2H3;1-4H. The molecular weight excluding hydrogens is 434 g/mol. The lowest BCUT2D eigenvalue weighted by Crippen LogP contribution is -2.40. The fraction of sp³-hybridized carbons (Fsp3) is 0.684. The Kier molecular flexibility index (Phi) is 16.2. The number of aliphatic hydroxyl groups excluding tert-OH is 4. The SMILES string of the molecule is CCCCc1ccc(C(O)C(CO)(CO)CO)c(CCCC)c1.OP(O)OP(O)O. The fourth-order valence-electron chi connectivity index (χ4n) is 2.85. The molecule has 0 aliphatic rings. The smallest absolute Gasteiger partial charge is 0.334 e. The summed E-state index contributed by atoms with van der Waals surface area (Å²) in [6.07, 6.45) is 5.11. The molecule has 0 amide bonds. The van der Waals surface area contributed by atoms with Crippen molar-refractivity contribution in [2.45, 2.75) is 58.5 Å². The largest absolute Gasteiger partial charge is 0.395 e. The van der Waals surface area contributed by atoms with Crippen molar-refractivity contribution in [1.82, 2.24) is 0 Å². The van der Waals surface area contributed by atoms with E-state index in [-0.39, 0.29) is 0 Å². The first-order chi connectivity index (χ1) is 14.2. The average molecular weight is 470 g/mol. The molecule has 11 heteroatoms. The molecule has 176 valence electrons. The molecule has 0 saturated carbocycles. The number of aliphatic hydroxyl groups is 4. The maximum absolute atomic E-state index is 10.7. The highest BCUT2D eigenvalue weighted by atomic mass is 31.2. The third-order valence-electron chi connectivity index (χ3n) is 4.79. The van der Waals surface area contributed by atoms with Crippen molar-refractivity contribution < 1.29 is 44.3 Å². The minimum Gasteiger partial charge on any atom is -0.395 e. The van der Waals surface area contributed by atoms with Crippen molar-refractivity contribution in [3.8, 4) is 0 Å². The molecule has 0 spiro atoms. The number of benzene rings is 1. The molecule has 0 heterocycles. The molecule has 0 aromatic heterocycles. The van der Waals surface area contributed by atoms with Gasteiger partial charge in [-0.3, -0.25) is 0 Å². The molecule has 0 radical (unpaired) electrons. The molecule has 1 aromatic carbocycles. The summed E-state index contributed by atoms with van der Waals surface area (Å²) in [7, 11) is -5.22. The molecule has 0 fully saturated rings. The van der Waals surface area contributed by atoms with Crippen LogP contribution in [0.25, 0.3) is 0 Å². The van der Waals surface area contributed by atoms with E-state index >= 15 is 0 Å². The van der Waals surface area contributed by atoms with E-state index in [4.69, 9.17) is 19.6 Å². The molecule has 8 N–H and O–H groups in total. The first-order valence-corrected chi connectivity index (χ1v) is 12.2. The molecule has 1 atom stereocenters. The average Bonchev–Trinajstić information content (AvgIpc) is 2.71. The van der Waals surface area contributed by atoms with Gasteiger partial charge in [0, 0.05) is 0 Å². The lowest BCUT2D eigenvalue weighted by atomic mass is 9.78. The molecular formula is C19H36O9P2. The van der Waals surface area contributed by atoms with Gasteiger partial charge in [-0.25, -0.2) is 4.31 Å². The zero-order chi connectivity index (χ0) is 23.2. The molecule has 9 nitrogen and oxygen atoms in total. The van der Waals surface area contributed by atoms with Crippen LogP contribution >= 0.6 is 17.2 Å². The number of unbranched alkanes of at least 4 members (excludes halogenated alkanes) is 2. The maximum Gasteiger partial charge on any atom is 0.334 e. The predicted octanol–water partition coefficient (Wildman–Crippen LogP) is 1.79. The van der Waals surface area contributed by atoms with Crippen molar-refractivity contribution in [3.05, 3.63) is 34.9 Å². The van der Waals surface area contributed by atoms with E-state index in [0.717, 1.165) is 44.1 Å². The second-order valence-corrected chi connectivity index (χ2v) is 8.73. The monoisotopic (exact) mass is 470 g/mol. The highest BCUT2D eigenvalue weighted by Crippen LogP contribution is 2.41. The first kappa shape index (κ1) is 29.7. The number of rotatable bonds is 13. The Balaban J connectivity index is 0.00000103. The summed E-state index contributed by atoms with van der Waals surface area (Å²) in [6.45, 7) is 2.88. The van der Waals surface area contributed by atoms with Crippen molar-refractivity contribution in [3.63, 3.8) is 0 Å². The quantitative estimate of drug-likeness (QED) is 0.200. The molecule has 1 unspecified atom stereocenters. The minimum absolute atomic E-state index is 0.466. The summed E-state index contributed by atoms with van der Waals surface area (Å²) in [5.41, 5.74) is 1.69. The Morgan fingerprint density at radius 2 is 1.37 bits per heavy atom. The van der Waals surface area contributed by atoms with Crippen LogP contribution in [0, 0.1) is 5.41 Å². The van der Waals surface area contributed by atoms with E-state index in [0.29, 0.717) is 5.56 Å². The second-order valence-electron chi connectivity index (χ2n) is 7.07. The Morgan fingerprint density at radius 1 is 0.867 bits per heavy atom. The van der Waals surface area contributed by atoms with Gasteiger partial charge in [-0.05, 0) is 42.4 Å². The van der Waals surface area contributed by atoms with Gasteiger partial charge in [0.2, 0.25) is 0 Å². The lowest BCUT2D eigenvalue weighted by molar-refractivity contribution is -0.0855. The molecule has 1 rings (SSSR count). The molecule has 1 aromatic rings. The van der Waals surface area contributed by atoms with Gasteiger partial charge in [0.1, 0.15) is 0 Å². The van der Waals surface area contributed by atoms with Gasteiger partial charge in [-0.2, -0.15) is 0 Å². The summed E-state index contributed by atoms with van der Waals surface area (Å²) in [6, 6.07) is 6.01. The van der Waals surface area contributed by atoms with E-state index in [1.165, 1.54) is 5.56 Å². The van der Waals surface area contributed by atoms with E-state index < -0.39 is 48.5 Å². The van der Waals surface area contributed by atoms with Gasteiger partial charge >= 0.3 is 17.2 Å². The first-order valence-electron chi connectivity index (χ1n) is 9.87. The summed E-state index contributed by atoms with van der Waals surface area (Å²) in [5, 5.41) is 39.4. The Labute approximate surface area is 180 Å². The van der Waals surface area contributed by atoms with Crippen molar-refractivity contribution in [2.75, 3.05) is 19.8 Å². The fourth-order valence-corrected chi connectivity index (χ4v) is 3.37. The third kappa shape index (κ3) is 10.4. The van der Waals surface area contributed by atoms with Crippen LogP contribution in [-0.2, 0) is 17.2 Å². The highest BCUT2D eigenvalue weighted by Gasteiger charge is 2.38. The molecule has 0 saturated heterocycles. The van der Waals surface area contributed by atoms with E-state index in [2.05, 4.69) is 24.2 Å². The number of hydrogen-bond donors (Lipinski definition) is 8. The van der Waals surface area contributed by atoms with Gasteiger partial charge < -0.3 is 40.0 Å². The molecule has 0 aliphatic heterocycles. The summed E-state index contributed by atoms with van der Waals surface area (Å²) in [4.78, 5) is 31.3. The summed E-state index contributed by atoms with van der Waals surface area (Å²) >= 11 is 0. The zero-order valence-electron chi connectivity index (χ0n) is 17.6. The van der Waals surface area contributed by atoms with E-state index in [1.807, 2.05) is 12.1 Å². The van der Waals surface area contributed by atoms with Gasteiger partial charge in [-0.15, -0.1) is 0 Å². The van der Waals surface area contributed by atoms with Crippen LogP contribution in [-0.4, -0.2) is 59.8 Å². The minimum atomic E-state index is -2.61. The third-order valence-corrected chi connectivity index (χ3v) is 5.96. The number of hydrogen-bond acceptors (Lipinski definition) is 9. The van der Waals surface area contributed by atoms with E-state index in [9.17, 15) is 20.4 Å². The van der Waals surface area contributed by atoms with Gasteiger partial charge in [0.25, 0.3) is 0 Å². The second kappa shape index (κ2) is 16.4. The van der Waals surface area contributed by atoms with Gasteiger partial charge in [0.05, 0.1) is 31.3 Å². The molecule has 30 heavy (non-hydrogen) atoms. The lowest BCUT2D eigenvalue weighted by Gasteiger charge is -2.34. The summed E-state index contributed by atoms with van der Waals surface area (Å²) < 4.78 is 3.60. The number of aryl methyl sites for hydroxylation is 2. The molecule has 0 bridgehead atoms. The normalized spacial score (nSPS) is 12.8. The van der Waals surface area contributed by atoms with E-state index in [1.54, 1.807) is 0 Å². The van der Waals surface area contributed by atoms with Crippen molar-refractivity contribution in [1.29, 1.82) is 0 Å². The van der Waals surface area contributed by atoms with Crippen LogP contribution in [0.5, 0.6) is 0 Å². The predicted molar refractivity (Wildman–Crippen MR) is 116 cm³/mol.